The van der Waals surface area contributed by atoms with Gasteiger partial charge in [-0.1, -0.05) is 0 Å². The monoisotopic (exact) mass is 337 g/mol. The Hall–Kier alpha value is -1.02. The molecule has 2 fully saturated rings. The minimum atomic E-state index is -4.16. The molecule has 2 saturated heterocycles. The number of carbonyl (C=O) groups is 1. The van der Waals surface area contributed by atoms with E-state index in [2.05, 4.69) is 10.6 Å². The smallest absolute Gasteiger partial charge is 0.375 e. The van der Waals surface area contributed by atoms with Gasteiger partial charge in [-0.05, 0) is 39.5 Å². The van der Waals surface area contributed by atoms with E-state index in [-0.39, 0.29) is 23.7 Å². The highest BCUT2D eigenvalue weighted by molar-refractivity contribution is 5.74. The van der Waals surface area contributed by atoms with Gasteiger partial charge in [0.25, 0.3) is 0 Å². The van der Waals surface area contributed by atoms with Crippen LogP contribution < -0.4 is 10.6 Å². The van der Waals surface area contributed by atoms with Crippen molar-refractivity contribution in [2.75, 3.05) is 26.2 Å². The van der Waals surface area contributed by atoms with Crippen molar-refractivity contribution in [1.82, 2.24) is 15.5 Å². The van der Waals surface area contributed by atoms with Crippen LogP contribution in [-0.4, -0.2) is 61.0 Å². The minimum Gasteiger partial charge on any atom is -0.375 e. The second-order valence-electron chi connectivity index (χ2n) is 7.08. The number of halogens is 3. The summed E-state index contributed by atoms with van der Waals surface area (Å²) in [4.78, 5) is 13.4. The summed E-state index contributed by atoms with van der Waals surface area (Å²) in [6, 6.07) is -0.224. The normalized spacial score (nSPS) is 26.7. The highest BCUT2D eigenvalue weighted by atomic mass is 19.4. The van der Waals surface area contributed by atoms with Crippen LogP contribution in [-0.2, 0) is 4.74 Å². The molecular weight excluding hydrogens is 311 g/mol. The Morgan fingerprint density at radius 1 is 1.17 bits per heavy atom. The SMILES string of the molecule is CC1(C)CC(NC(=O)NC2CCN(CC(F)(F)F)CC2)CCO1. The van der Waals surface area contributed by atoms with E-state index in [1.54, 1.807) is 0 Å². The van der Waals surface area contributed by atoms with Crippen LogP contribution in [0.2, 0.25) is 0 Å². The molecular formula is C15H26F3N3O2. The molecule has 1 atom stereocenters. The summed E-state index contributed by atoms with van der Waals surface area (Å²) >= 11 is 0. The number of hydrogen-bond acceptors (Lipinski definition) is 3. The van der Waals surface area contributed by atoms with Crippen molar-refractivity contribution < 1.29 is 22.7 Å². The maximum absolute atomic E-state index is 12.3. The molecule has 0 aromatic carbocycles. The molecule has 0 aliphatic carbocycles. The molecule has 0 aromatic heterocycles. The first-order chi connectivity index (χ1) is 10.6. The van der Waals surface area contributed by atoms with Gasteiger partial charge in [0, 0.05) is 31.8 Å². The standard InChI is InChI=1S/C15H26F3N3O2/c1-14(2)9-12(5-8-23-14)20-13(22)19-11-3-6-21(7-4-11)10-15(16,17)18/h11-12H,3-10H2,1-2H3,(H2,19,20,22). The third-order valence-electron chi connectivity index (χ3n) is 4.36. The van der Waals surface area contributed by atoms with Gasteiger partial charge >= 0.3 is 12.2 Å². The van der Waals surface area contributed by atoms with Crippen LogP contribution >= 0.6 is 0 Å². The van der Waals surface area contributed by atoms with Crippen molar-refractivity contribution in [3.8, 4) is 0 Å². The van der Waals surface area contributed by atoms with Crippen molar-refractivity contribution in [2.45, 2.75) is 63.4 Å². The Bertz CT molecular complexity index is 407. The van der Waals surface area contributed by atoms with Crippen LogP contribution in [0.1, 0.15) is 39.5 Å². The maximum Gasteiger partial charge on any atom is 0.401 e. The molecule has 1 unspecified atom stereocenters. The van der Waals surface area contributed by atoms with Gasteiger partial charge in [0.05, 0.1) is 12.1 Å². The molecule has 0 aromatic rings. The zero-order valence-electron chi connectivity index (χ0n) is 13.7. The molecule has 23 heavy (non-hydrogen) atoms. The van der Waals surface area contributed by atoms with Gasteiger partial charge in [-0.15, -0.1) is 0 Å². The van der Waals surface area contributed by atoms with Crippen molar-refractivity contribution in [1.29, 1.82) is 0 Å². The molecule has 2 rings (SSSR count). The van der Waals surface area contributed by atoms with E-state index in [0.717, 1.165) is 12.8 Å². The zero-order valence-corrected chi connectivity index (χ0v) is 13.7. The fourth-order valence-electron chi connectivity index (χ4n) is 3.26. The number of piperidine rings is 1. The fourth-order valence-corrected chi connectivity index (χ4v) is 3.26. The van der Waals surface area contributed by atoms with E-state index < -0.39 is 12.7 Å². The lowest BCUT2D eigenvalue weighted by molar-refractivity contribution is -0.148. The summed E-state index contributed by atoms with van der Waals surface area (Å²) in [6.45, 7) is 4.45. The van der Waals surface area contributed by atoms with Crippen LogP contribution in [0, 0.1) is 0 Å². The topological polar surface area (TPSA) is 53.6 Å². The van der Waals surface area contributed by atoms with E-state index in [0.29, 0.717) is 32.5 Å². The Morgan fingerprint density at radius 3 is 2.35 bits per heavy atom. The second kappa shape index (κ2) is 7.25. The third-order valence-corrected chi connectivity index (χ3v) is 4.36. The molecule has 2 aliphatic rings. The number of likely N-dealkylation sites (tertiary alicyclic amines) is 1. The summed E-state index contributed by atoms with van der Waals surface area (Å²) < 4.78 is 42.6. The first kappa shape index (κ1) is 18.3. The molecule has 5 nitrogen and oxygen atoms in total. The molecule has 0 bridgehead atoms. The number of carbonyl (C=O) groups excluding carboxylic acids is 1. The molecule has 134 valence electrons. The van der Waals surface area contributed by atoms with Crippen LogP contribution in [0.4, 0.5) is 18.0 Å². The van der Waals surface area contributed by atoms with Crippen LogP contribution in [0.25, 0.3) is 0 Å². The predicted molar refractivity (Wildman–Crippen MR) is 80.2 cm³/mol. The average Bonchev–Trinajstić information content (AvgIpc) is 2.38. The second-order valence-corrected chi connectivity index (χ2v) is 7.08. The Morgan fingerprint density at radius 2 is 1.78 bits per heavy atom. The first-order valence-electron chi connectivity index (χ1n) is 8.13. The average molecular weight is 337 g/mol. The lowest BCUT2D eigenvalue weighted by Gasteiger charge is -2.36. The zero-order chi connectivity index (χ0) is 17.1. The maximum atomic E-state index is 12.3. The fraction of sp³-hybridized carbons (Fsp3) is 0.933. The number of ether oxygens (including phenoxy) is 1. The summed E-state index contributed by atoms with van der Waals surface area (Å²) in [5.74, 6) is 0. The van der Waals surface area contributed by atoms with E-state index in [1.807, 2.05) is 13.8 Å². The van der Waals surface area contributed by atoms with E-state index in [9.17, 15) is 18.0 Å². The Labute approximate surface area is 134 Å². The van der Waals surface area contributed by atoms with Crippen molar-refractivity contribution in [3.05, 3.63) is 0 Å². The van der Waals surface area contributed by atoms with Gasteiger partial charge in [-0.3, -0.25) is 4.90 Å². The van der Waals surface area contributed by atoms with Gasteiger partial charge in [0.1, 0.15) is 0 Å². The van der Waals surface area contributed by atoms with E-state index in [1.165, 1.54) is 4.90 Å². The number of amides is 2. The van der Waals surface area contributed by atoms with Crippen molar-refractivity contribution in [3.63, 3.8) is 0 Å². The summed E-state index contributed by atoms with van der Waals surface area (Å²) in [5, 5.41) is 5.83. The minimum absolute atomic E-state index is 0.0627. The van der Waals surface area contributed by atoms with Gasteiger partial charge in [0.2, 0.25) is 0 Å². The molecule has 2 heterocycles. The summed E-state index contributed by atoms with van der Waals surface area (Å²) in [6.07, 6.45) is -1.54. The van der Waals surface area contributed by atoms with Gasteiger partial charge in [0.15, 0.2) is 0 Å². The van der Waals surface area contributed by atoms with Gasteiger partial charge < -0.3 is 15.4 Å². The van der Waals surface area contributed by atoms with Crippen LogP contribution in [0.15, 0.2) is 0 Å². The lowest BCUT2D eigenvalue weighted by atomic mass is 9.94. The number of alkyl halides is 3. The number of nitrogens with one attached hydrogen (secondary N) is 2. The number of nitrogens with zero attached hydrogens (tertiary/aromatic N) is 1. The largest absolute Gasteiger partial charge is 0.401 e. The molecule has 0 spiro atoms. The van der Waals surface area contributed by atoms with Gasteiger partial charge in [-0.2, -0.15) is 13.2 Å². The van der Waals surface area contributed by atoms with Crippen LogP contribution in [0.5, 0.6) is 0 Å². The molecule has 2 amide bonds. The third kappa shape index (κ3) is 6.55. The van der Waals surface area contributed by atoms with Crippen LogP contribution in [0.3, 0.4) is 0 Å². The molecule has 2 aliphatic heterocycles. The molecule has 2 N–H and O–H groups in total. The van der Waals surface area contributed by atoms with E-state index in [4.69, 9.17) is 4.74 Å². The molecule has 8 heteroatoms. The Balaban J connectivity index is 1.69. The predicted octanol–water partition coefficient (Wildman–Crippen LogP) is 2.27. The number of urea groups is 1. The number of rotatable bonds is 3. The first-order valence-corrected chi connectivity index (χ1v) is 8.13. The molecule has 0 saturated carbocycles. The summed E-state index contributed by atoms with van der Waals surface area (Å²) in [7, 11) is 0. The molecule has 0 radical (unpaired) electrons. The van der Waals surface area contributed by atoms with E-state index >= 15 is 0 Å². The highest BCUT2D eigenvalue weighted by Crippen LogP contribution is 2.24. The lowest BCUT2D eigenvalue weighted by Crippen LogP contribution is -2.53. The van der Waals surface area contributed by atoms with Crippen molar-refractivity contribution >= 4 is 6.03 Å². The van der Waals surface area contributed by atoms with Crippen molar-refractivity contribution in [2.24, 2.45) is 0 Å². The Kier molecular flexibility index (Phi) is 5.78. The summed E-state index contributed by atoms with van der Waals surface area (Å²) in [5.41, 5.74) is -0.237. The highest BCUT2D eigenvalue weighted by Gasteiger charge is 2.33. The quantitative estimate of drug-likeness (QED) is 0.831. The van der Waals surface area contributed by atoms with Gasteiger partial charge in [-0.25, -0.2) is 4.79 Å². The number of hydrogen-bond donors (Lipinski definition) is 2.